The highest BCUT2D eigenvalue weighted by Gasteiger charge is 2.07. The molecule has 0 fully saturated rings. The SMILES string of the molecule is CCc1ccsc1CNCC(N)C(C)C. The van der Waals surface area contributed by atoms with Crippen LogP contribution in [0.25, 0.3) is 0 Å². The summed E-state index contributed by atoms with van der Waals surface area (Å²) in [7, 11) is 0. The minimum absolute atomic E-state index is 0.259. The number of thiophene rings is 1. The van der Waals surface area contributed by atoms with E-state index in [1.807, 2.05) is 11.3 Å². The maximum absolute atomic E-state index is 5.97. The third-order valence-corrected chi connectivity index (χ3v) is 3.70. The smallest absolute Gasteiger partial charge is 0.0303 e. The van der Waals surface area contributed by atoms with Gasteiger partial charge in [0, 0.05) is 24.0 Å². The van der Waals surface area contributed by atoms with E-state index < -0.39 is 0 Å². The van der Waals surface area contributed by atoms with Gasteiger partial charge in [0.1, 0.15) is 0 Å². The lowest BCUT2D eigenvalue weighted by atomic mass is 10.1. The molecule has 3 heteroatoms. The van der Waals surface area contributed by atoms with Crippen LogP contribution in [0.4, 0.5) is 0 Å². The van der Waals surface area contributed by atoms with Crippen molar-refractivity contribution in [1.82, 2.24) is 5.32 Å². The van der Waals surface area contributed by atoms with Gasteiger partial charge in [-0.3, -0.25) is 0 Å². The quantitative estimate of drug-likeness (QED) is 0.781. The van der Waals surface area contributed by atoms with E-state index in [9.17, 15) is 0 Å². The molecule has 0 saturated carbocycles. The third kappa shape index (κ3) is 3.93. The predicted molar refractivity (Wildman–Crippen MR) is 68.2 cm³/mol. The van der Waals surface area contributed by atoms with Crippen molar-refractivity contribution in [3.05, 3.63) is 21.9 Å². The van der Waals surface area contributed by atoms with Crippen LogP contribution in [0.15, 0.2) is 11.4 Å². The van der Waals surface area contributed by atoms with E-state index in [0.717, 1.165) is 19.5 Å². The number of nitrogens with one attached hydrogen (secondary N) is 1. The zero-order valence-corrected chi connectivity index (χ0v) is 10.7. The second-order valence-electron chi connectivity index (χ2n) is 4.26. The van der Waals surface area contributed by atoms with Crippen molar-refractivity contribution in [2.45, 2.75) is 39.8 Å². The standard InChI is InChI=1S/C12H22N2S/c1-4-10-5-6-15-12(10)8-14-7-11(13)9(2)3/h5-6,9,11,14H,4,7-8,13H2,1-3H3. The zero-order valence-electron chi connectivity index (χ0n) is 9.92. The number of hydrogen-bond acceptors (Lipinski definition) is 3. The van der Waals surface area contributed by atoms with E-state index in [1.165, 1.54) is 10.4 Å². The van der Waals surface area contributed by atoms with E-state index >= 15 is 0 Å². The molecule has 0 bridgehead atoms. The summed E-state index contributed by atoms with van der Waals surface area (Å²) in [5.74, 6) is 0.548. The molecule has 0 spiro atoms. The minimum Gasteiger partial charge on any atom is -0.326 e. The first-order chi connectivity index (χ1) is 7.15. The monoisotopic (exact) mass is 226 g/mol. The third-order valence-electron chi connectivity index (χ3n) is 2.74. The van der Waals surface area contributed by atoms with Crippen LogP contribution in [0.1, 0.15) is 31.2 Å². The first-order valence-corrected chi connectivity index (χ1v) is 6.54. The van der Waals surface area contributed by atoms with Crippen LogP contribution < -0.4 is 11.1 Å². The van der Waals surface area contributed by atoms with Crippen molar-refractivity contribution < 1.29 is 0 Å². The number of aryl methyl sites for hydroxylation is 1. The van der Waals surface area contributed by atoms with Gasteiger partial charge in [0.15, 0.2) is 0 Å². The summed E-state index contributed by atoms with van der Waals surface area (Å²) in [5, 5.41) is 5.59. The van der Waals surface area contributed by atoms with E-state index in [1.54, 1.807) is 0 Å². The Morgan fingerprint density at radius 1 is 1.47 bits per heavy atom. The van der Waals surface area contributed by atoms with Crippen molar-refractivity contribution in [1.29, 1.82) is 0 Å². The van der Waals surface area contributed by atoms with Crippen LogP contribution in [0, 0.1) is 5.92 Å². The van der Waals surface area contributed by atoms with Gasteiger partial charge in [-0.2, -0.15) is 0 Å². The molecular formula is C12H22N2S. The van der Waals surface area contributed by atoms with Gasteiger partial charge in [-0.1, -0.05) is 20.8 Å². The number of hydrogen-bond donors (Lipinski definition) is 2. The van der Waals surface area contributed by atoms with Crippen molar-refractivity contribution >= 4 is 11.3 Å². The highest BCUT2D eigenvalue weighted by Crippen LogP contribution is 2.16. The molecule has 3 N–H and O–H groups in total. The average molecular weight is 226 g/mol. The fourth-order valence-corrected chi connectivity index (χ4v) is 2.37. The van der Waals surface area contributed by atoms with E-state index in [2.05, 4.69) is 37.5 Å². The fourth-order valence-electron chi connectivity index (χ4n) is 1.43. The fraction of sp³-hybridized carbons (Fsp3) is 0.667. The lowest BCUT2D eigenvalue weighted by Gasteiger charge is -2.16. The Bertz CT molecular complexity index is 281. The molecule has 1 heterocycles. The molecule has 0 aliphatic rings. The molecule has 86 valence electrons. The molecule has 1 rings (SSSR count). The van der Waals surface area contributed by atoms with Gasteiger partial charge in [0.2, 0.25) is 0 Å². The van der Waals surface area contributed by atoms with Crippen LogP contribution in [-0.4, -0.2) is 12.6 Å². The normalized spacial score (nSPS) is 13.4. The van der Waals surface area contributed by atoms with Crippen molar-refractivity contribution in [2.75, 3.05) is 6.54 Å². The van der Waals surface area contributed by atoms with Gasteiger partial charge in [0.25, 0.3) is 0 Å². The number of nitrogens with two attached hydrogens (primary N) is 1. The van der Waals surface area contributed by atoms with E-state index in [4.69, 9.17) is 5.73 Å². The molecule has 0 aliphatic heterocycles. The highest BCUT2D eigenvalue weighted by molar-refractivity contribution is 7.10. The van der Waals surface area contributed by atoms with Gasteiger partial charge in [-0.25, -0.2) is 0 Å². The van der Waals surface area contributed by atoms with Gasteiger partial charge in [0.05, 0.1) is 0 Å². The predicted octanol–water partition coefficient (Wildman–Crippen LogP) is 2.38. The molecule has 0 aromatic carbocycles. The van der Waals surface area contributed by atoms with Gasteiger partial charge < -0.3 is 11.1 Å². The Kier molecular flexibility index (Phi) is 5.29. The second kappa shape index (κ2) is 6.26. The zero-order chi connectivity index (χ0) is 11.3. The van der Waals surface area contributed by atoms with Crippen molar-refractivity contribution in [3.8, 4) is 0 Å². The summed E-state index contributed by atoms with van der Waals surface area (Å²) < 4.78 is 0. The molecule has 1 aromatic heterocycles. The van der Waals surface area contributed by atoms with Crippen LogP contribution in [0.3, 0.4) is 0 Å². The Hall–Kier alpha value is -0.380. The second-order valence-corrected chi connectivity index (χ2v) is 5.26. The summed E-state index contributed by atoms with van der Waals surface area (Å²) in [6.07, 6.45) is 1.12. The van der Waals surface area contributed by atoms with E-state index in [0.29, 0.717) is 5.92 Å². The Labute approximate surface area is 96.9 Å². The Balaban J connectivity index is 2.31. The van der Waals surface area contributed by atoms with E-state index in [-0.39, 0.29) is 6.04 Å². The maximum atomic E-state index is 5.97. The topological polar surface area (TPSA) is 38.0 Å². The van der Waals surface area contributed by atoms with Gasteiger partial charge in [-0.05, 0) is 29.3 Å². The number of rotatable bonds is 6. The molecule has 1 aromatic rings. The lowest BCUT2D eigenvalue weighted by molar-refractivity contribution is 0.459. The first-order valence-electron chi connectivity index (χ1n) is 5.66. The van der Waals surface area contributed by atoms with Crippen molar-refractivity contribution in [2.24, 2.45) is 11.7 Å². The molecule has 0 saturated heterocycles. The van der Waals surface area contributed by atoms with Crippen molar-refractivity contribution in [3.63, 3.8) is 0 Å². The Morgan fingerprint density at radius 2 is 2.20 bits per heavy atom. The molecule has 0 aliphatic carbocycles. The van der Waals surface area contributed by atoms with Crippen LogP contribution >= 0.6 is 11.3 Å². The molecule has 0 radical (unpaired) electrons. The summed E-state index contributed by atoms with van der Waals surface area (Å²) in [6, 6.07) is 2.47. The highest BCUT2D eigenvalue weighted by atomic mass is 32.1. The molecule has 0 amide bonds. The summed E-state index contributed by atoms with van der Waals surface area (Å²) in [5.41, 5.74) is 7.43. The van der Waals surface area contributed by atoms with Crippen LogP contribution in [0.2, 0.25) is 0 Å². The molecule has 1 unspecified atom stereocenters. The maximum Gasteiger partial charge on any atom is 0.0303 e. The lowest BCUT2D eigenvalue weighted by Crippen LogP contribution is -2.37. The van der Waals surface area contributed by atoms with Gasteiger partial charge >= 0.3 is 0 Å². The first kappa shape index (κ1) is 12.7. The minimum atomic E-state index is 0.259. The molecule has 2 nitrogen and oxygen atoms in total. The summed E-state index contributed by atoms with van der Waals surface area (Å²) in [4.78, 5) is 1.45. The molecule has 1 atom stereocenters. The summed E-state index contributed by atoms with van der Waals surface area (Å²) in [6.45, 7) is 8.38. The average Bonchev–Trinajstić information content (AvgIpc) is 2.65. The Morgan fingerprint density at radius 3 is 2.80 bits per heavy atom. The molecular weight excluding hydrogens is 204 g/mol. The van der Waals surface area contributed by atoms with Crippen LogP contribution in [0.5, 0.6) is 0 Å². The molecule has 15 heavy (non-hydrogen) atoms. The summed E-state index contributed by atoms with van der Waals surface area (Å²) >= 11 is 1.83. The largest absolute Gasteiger partial charge is 0.326 e. The van der Waals surface area contributed by atoms with Crippen LogP contribution in [-0.2, 0) is 13.0 Å². The van der Waals surface area contributed by atoms with Gasteiger partial charge in [-0.15, -0.1) is 11.3 Å².